The molecule has 1 fully saturated rings. The summed E-state index contributed by atoms with van der Waals surface area (Å²) in [6.45, 7) is 2.94. The third-order valence-corrected chi connectivity index (χ3v) is 5.91. The van der Waals surface area contributed by atoms with Crippen LogP contribution in [-0.4, -0.2) is 33.4 Å². The number of likely N-dealkylation sites (tertiary alicyclic amines) is 1. The number of aromatic nitrogens is 2. The summed E-state index contributed by atoms with van der Waals surface area (Å²) in [5.41, 5.74) is 4.40. The van der Waals surface area contributed by atoms with Crippen LogP contribution in [0.15, 0.2) is 83.4 Å². The van der Waals surface area contributed by atoms with Crippen molar-refractivity contribution in [3.63, 3.8) is 0 Å². The smallest absolute Gasteiger partial charge is 0.258 e. The van der Waals surface area contributed by atoms with Crippen molar-refractivity contribution in [1.82, 2.24) is 15.0 Å². The van der Waals surface area contributed by atoms with Gasteiger partial charge in [-0.3, -0.25) is 9.59 Å². The lowest BCUT2D eigenvalue weighted by molar-refractivity contribution is -0.128. The van der Waals surface area contributed by atoms with Gasteiger partial charge in [-0.1, -0.05) is 71.4 Å². The van der Waals surface area contributed by atoms with Crippen LogP contribution in [0, 0.1) is 12.8 Å². The quantitative estimate of drug-likeness (QED) is 0.458. The first-order valence-electron chi connectivity index (χ1n) is 11.2. The van der Waals surface area contributed by atoms with Crippen LogP contribution in [-0.2, 0) is 16.1 Å². The number of carbonyl (C=O) groups excluding carboxylic acids is 2. The molecule has 0 saturated carbocycles. The standard InChI is InChI=1S/C27H24N4O3/c1-18-10-12-20(13-11-18)25-29-27(34-30-25)21-8-5-9-23(14-21)28-26(33)22-15-24(32)31(17-22)16-19-6-3-2-4-7-19/h2-14,22H,15-17H2,1H3,(H,28,33)/t22-/m0/s1. The van der Waals surface area contributed by atoms with Crippen LogP contribution in [0.2, 0.25) is 0 Å². The third kappa shape index (κ3) is 4.73. The molecule has 0 bridgehead atoms. The number of amides is 2. The maximum atomic E-state index is 12.9. The number of aryl methyl sites for hydroxylation is 1. The van der Waals surface area contributed by atoms with Crippen LogP contribution < -0.4 is 5.32 Å². The van der Waals surface area contributed by atoms with E-state index in [1.807, 2.05) is 73.7 Å². The Morgan fingerprint density at radius 3 is 2.62 bits per heavy atom. The number of nitrogens with one attached hydrogen (secondary N) is 1. The molecule has 2 amide bonds. The summed E-state index contributed by atoms with van der Waals surface area (Å²) in [5.74, 6) is 0.305. The Bertz CT molecular complexity index is 1320. The highest BCUT2D eigenvalue weighted by Gasteiger charge is 2.34. The lowest BCUT2D eigenvalue weighted by atomic mass is 10.1. The first-order chi connectivity index (χ1) is 16.5. The van der Waals surface area contributed by atoms with Gasteiger partial charge in [0.25, 0.3) is 5.89 Å². The molecule has 34 heavy (non-hydrogen) atoms. The van der Waals surface area contributed by atoms with E-state index in [2.05, 4.69) is 15.5 Å². The van der Waals surface area contributed by atoms with Crippen LogP contribution in [0.5, 0.6) is 0 Å². The van der Waals surface area contributed by atoms with Crippen molar-refractivity contribution in [1.29, 1.82) is 0 Å². The topological polar surface area (TPSA) is 88.3 Å². The normalized spacial score (nSPS) is 15.5. The molecule has 5 rings (SSSR count). The number of hydrogen-bond donors (Lipinski definition) is 1. The molecule has 4 aromatic rings. The Morgan fingerprint density at radius 2 is 1.82 bits per heavy atom. The molecule has 1 aromatic heterocycles. The molecule has 1 aliphatic heterocycles. The lowest BCUT2D eigenvalue weighted by Gasteiger charge is -2.16. The zero-order valence-corrected chi connectivity index (χ0v) is 18.8. The summed E-state index contributed by atoms with van der Waals surface area (Å²) < 4.78 is 5.45. The number of benzene rings is 3. The highest BCUT2D eigenvalue weighted by atomic mass is 16.5. The van der Waals surface area contributed by atoms with E-state index in [1.54, 1.807) is 17.0 Å². The van der Waals surface area contributed by atoms with Crippen molar-refractivity contribution < 1.29 is 14.1 Å². The fourth-order valence-electron chi connectivity index (χ4n) is 4.04. The van der Waals surface area contributed by atoms with Crippen molar-refractivity contribution in [2.75, 3.05) is 11.9 Å². The molecule has 1 saturated heterocycles. The average molecular weight is 453 g/mol. The Hall–Kier alpha value is -4.26. The number of anilines is 1. The number of rotatable bonds is 6. The minimum Gasteiger partial charge on any atom is -0.338 e. The van der Waals surface area contributed by atoms with Gasteiger partial charge in [-0.15, -0.1) is 0 Å². The van der Waals surface area contributed by atoms with Crippen LogP contribution in [0.3, 0.4) is 0 Å². The number of hydrogen-bond acceptors (Lipinski definition) is 5. The van der Waals surface area contributed by atoms with Gasteiger partial charge in [0.05, 0.1) is 5.92 Å². The zero-order valence-electron chi connectivity index (χ0n) is 18.8. The highest BCUT2D eigenvalue weighted by molar-refractivity contribution is 5.97. The SMILES string of the molecule is Cc1ccc(-c2noc(-c3cccc(NC(=O)[C@H]4CC(=O)N(Cc5ccccc5)C4)c3)n2)cc1. The molecule has 0 aliphatic carbocycles. The van der Waals surface area contributed by atoms with Crippen molar-refractivity contribution in [2.24, 2.45) is 5.92 Å². The second kappa shape index (κ2) is 9.31. The van der Waals surface area contributed by atoms with E-state index in [0.717, 1.165) is 16.7 Å². The van der Waals surface area contributed by atoms with Gasteiger partial charge < -0.3 is 14.7 Å². The van der Waals surface area contributed by atoms with Crippen LogP contribution in [0.4, 0.5) is 5.69 Å². The predicted molar refractivity (Wildman–Crippen MR) is 129 cm³/mol. The molecular weight excluding hydrogens is 428 g/mol. The molecular formula is C27H24N4O3. The van der Waals surface area contributed by atoms with Gasteiger partial charge in [-0.25, -0.2) is 0 Å². The van der Waals surface area contributed by atoms with E-state index in [0.29, 0.717) is 36.1 Å². The summed E-state index contributed by atoms with van der Waals surface area (Å²) in [5, 5.41) is 7.02. The minimum absolute atomic E-state index is 0.00718. The van der Waals surface area contributed by atoms with Gasteiger partial charge in [-0.05, 0) is 30.7 Å². The van der Waals surface area contributed by atoms with Crippen molar-refractivity contribution in [3.05, 3.63) is 90.0 Å². The summed E-state index contributed by atoms with van der Waals surface area (Å²) in [6, 6.07) is 25.0. The second-order valence-corrected chi connectivity index (χ2v) is 8.52. The molecule has 3 aromatic carbocycles. The van der Waals surface area contributed by atoms with E-state index in [4.69, 9.17) is 4.52 Å². The summed E-state index contributed by atoms with van der Waals surface area (Å²) in [6.07, 6.45) is 0.210. The number of nitrogens with zero attached hydrogens (tertiary/aromatic N) is 3. The van der Waals surface area contributed by atoms with Crippen LogP contribution >= 0.6 is 0 Å². The van der Waals surface area contributed by atoms with Crippen molar-refractivity contribution in [2.45, 2.75) is 19.9 Å². The molecule has 2 heterocycles. The monoisotopic (exact) mass is 452 g/mol. The maximum Gasteiger partial charge on any atom is 0.258 e. The summed E-state index contributed by atoms with van der Waals surface area (Å²) >= 11 is 0. The molecule has 170 valence electrons. The van der Waals surface area contributed by atoms with E-state index in [1.165, 1.54) is 0 Å². The zero-order chi connectivity index (χ0) is 23.5. The fraction of sp³-hybridized carbons (Fsp3) is 0.185. The Kier molecular flexibility index (Phi) is 5.91. The third-order valence-electron chi connectivity index (χ3n) is 5.91. The first-order valence-corrected chi connectivity index (χ1v) is 11.2. The van der Waals surface area contributed by atoms with Gasteiger partial charge in [0.1, 0.15) is 0 Å². The van der Waals surface area contributed by atoms with Gasteiger partial charge in [0.15, 0.2) is 0 Å². The van der Waals surface area contributed by atoms with Gasteiger partial charge >= 0.3 is 0 Å². The first kappa shape index (κ1) is 21.6. The molecule has 1 N–H and O–H groups in total. The minimum atomic E-state index is -0.392. The molecule has 7 heteroatoms. The van der Waals surface area contributed by atoms with Gasteiger partial charge in [0, 0.05) is 36.3 Å². The van der Waals surface area contributed by atoms with Crippen molar-refractivity contribution >= 4 is 17.5 Å². The molecule has 1 aliphatic rings. The average Bonchev–Trinajstić information content (AvgIpc) is 3.48. The van der Waals surface area contributed by atoms with Gasteiger partial charge in [0.2, 0.25) is 17.6 Å². The van der Waals surface area contributed by atoms with E-state index in [-0.39, 0.29) is 18.2 Å². The maximum absolute atomic E-state index is 12.9. The van der Waals surface area contributed by atoms with Crippen molar-refractivity contribution in [3.8, 4) is 22.8 Å². The summed E-state index contributed by atoms with van der Waals surface area (Å²) in [7, 11) is 0. The van der Waals surface area contributed by atoms with Crippen LogP contribution in [0.25, 0.3) is 22.8 Å². The second-order valence-electron chi connectivity index (χ2n) is 8.52. The molecule has 0 spiro atoms. The fourth-order valence-corrected chi connectivity index (χ4v) is 4.04. The van der Waals surface area contributed by atoms with E-state index < -0.39 is 5.92 Å². The molecule has 0 unspecified atom stereocenters. The Labute approximate surface area is 197 Å². The molecule has 1 atom stereocenters. The van der Waals surface area contributed by atoms with E-state index >= 15 is 0 Å². The predicted octanol–water partition coefficient (Wildman–Crippen LogP) is 4.70. The summed E-state index contributed by atoms with van der Waals surface area (Å²) in [4.78, 5) is 31.6. The highest BCUT2D eigenvalue weighted by Crippen LogP contribution is 2.26. The molecule has 0 radical (unpaired) electrons. The Morgan fingerprint density at radius 1 is 1.03 bits per heavy atom. The Balaban J connectivity index is 1.25. The number of carbonyl (C=O) groups is 2. The van der Waals surface area contributed by atoms with Gasteiger partial charge in [-0.2, -0.15) is 4.98 Å². The largest absolute Gasteiger partial charge is 0.338 e. The lowest BCUT2D eigenvalue weighted by Crippen LogP contribution is -2.28. The van der Waals surface area contributed by atoms with E-state index in [9.17, 15) is 9.59 Å². The molecule has 7 nitrogen and oxygen atoms in total. The van der Waals surface area contributed by atoms with Crippen LogP contribution in [0.1, 0.15) is 17.5 Å².